The van der Waals surface area contributed by atoms with Crippen molar-refractivity contribution in [3.8, 4) is 6.07 Å². The van der Waals surface area contributed by atoms with E-state index < -0.39 is 0 Å². The second-order valence-electron chi connectivity index (χ2n) is 3.88. The molecular formula is C15H13N. The van der Waals surface area contributed by atoms with Crippen LogP contribution in [0.1, 0.15) is 22.6 Å². The fourth-order valence-corrected chi connectivity index (χ4v) is 1.75. The smallest absolute Gasteiger partial charge is 0.0962 e. The van der Waals surface area contributed by atoms with Gasteiger partial charge in [-0.3, -0.25) is 0 Å². The van der Waals surface area contributed by atoms with E-state index in [0.29, 0.717) is 0 Å². The number of aryl methyl sites for hydroxylation is 1. The first kappa shape index (κ1) is 10.4. The SMILES string of the molecule is Cc1ccc([C@H](C#N)c2ccccc2)cc1. The Hall–Kier alpha value is -2.07. The summed E-state index contributed by atoms with van der Waals surface area (Å²) in [5.74, 6) is -0.165. The standard InChI is InChI=1S/C15H13N/c1-12-7-9-14(10-8-12)15(11-16)13-5-3-2-4-6-13/h2-10,15H,1H3/t15-/m1/s1. The number of benzene rings is 2. The third kappa shape index (κ3) is 2.12. The Bertz CT molecular complexity index is 491. The molecule has 2 rings (SSSR count). The third-order valence-electron chi connectivity index (χ3n) is 2.67. The molecular weight excluding hydrogens is 194 g/mol. The molecule has 1 atom stereocenters. The molecule has 0 aliphatic heterocycles. The molecule has 0 saturated carbocycles. The Labute approximate surface area is 96.0 Å². The molecule has 0 saturated heterocycles. The first-order valence-corrected chi connectivity index (χ1v) is 5.32. The average Bonchev–Trinajstić information content (AvgIpc) is 2.34. The lowest BCUT2D eigenvalue weighted by Gasteiger charge is -2.09. The van der Waals surface area contributed by atoms with Gasteiger partial charge in [0.1, 0.15) is 0 Å². The van der Waals surface area contributed by atoms with Crippen LogP contribution in [0, 0.1) is 18.3 Å². The molecule has 0 amide bonds. The summed E-state index contributed by atoms with van der Waals surface area (Å²) in [5.41, 5.74) is 3.32. The van der Waals surface area contributed by atoms with E-state index in [0.717, 1.165) is 11.1 Å². The van der Waals surface area contributed by atoms with Crippen LogP contribution >= 0.6 is 0 Å². The van der Waals surface area contributed by atoms with Crippen molar-refractivity contribution in [1.82, 2.24) is 0 Å². The molecule has 0 spiro atoms. The van der Waals surface area contributed by atoms with Crippen LogP contribution in [0.5, 0.6) is 0 Å². The van der Waals surface area contributed by atoms with Gasteiger partial charge < -0.3 is 0 Å². The first-order chi connectivity index (χ1) is 7.81. The Morgan fingerprint density at radius 1 is 0.875 bits per heavy atom. The summed E-state index contributed by atoms with van der Waals surface area (Å²) in [6.45, 7) is 2.05. The van der Waals surface area contributed by atoms with Crippen molar-refractivity contribution < 1.29 is 0 Å². The molecule has 2 aromatic rings. The Morgan fingerprint density at radius 2 is 1.44 bits per heavy atom. The summed E-state index contributed by atoms with van der Waals surface area (Å²) in [6.07, 6.45) is 0. The van der Waals surface area contributed by atoms with Crippen molar-refractivity contribution in [1.29, 1.82) is 5.26 Å². The average molecular weight is 207 g/mol. The highest BCUT2D eigenvalue weighted by Crippen LogP contribution is 2.23. The molecule has 0 heterocycles. The second-order valence-corrected chi connectivity index (χ2v) is 3.88. The van der Waals surface area contributed by atoms with Gasteiger partial charge in [-0.05, 0) is 18.1 Å². The van der Waals surface area contributed by atoms with Gasteiger partial charge in [-0.1, -0.05) is 60.2 Å². The number of nitriles is 1. The van der Waals surface area contributed by atoms with Crippen LogP contribution in [0.2, 0.25) is 0 Å². The van der Waals surface area contributed by atoms with Crippen molar-refractivity contribution in [3.63, 3.8) is 0 Å². The van der Waals surface area contributed by atoms with Crippen LogP contribution in [-0.2, 0) is 0 Å². The van der Waals surface area contributed by atoms with Crippen LogP contribution in [0.3, 0.4) is 0 Å². The van der Waals surface area contributed by atoms with Gasteiger partial charge in [0.2, 0.25) is 0 Å². The highest BCUT2D eigenvalue weighted by molar-refractivity contribution is 5.38. The minimum atomic E-state index is -0.165. The zero-order chi connectivity index (χ0) is 11.4. The normalized spacial score (nSPS) is 11.8. The molecule has 0 unspecified atom stereocenters. The molecule has 0 bridgehead atoms. The topological polar surface area (TPSA) is 23.8 Å². The van der Waals surface area contributed by atoms with Crippen molar-refractivity contribution >= 4 is 0 Å². The summed E-state index contributed by atoms with van der Waals surface area (Å²) in [6, 6.07) is 20.4. The van der Waals surface area contributed by atoms with Gasteiger partial charge in [0, 0.05) is 0 Å². The lowest BCUT2D eigenvalue weighted by Crippen LogP contribution is -1.97. The molecule has 0 radical (unpaired) electrons. The second kappa shape index (κ2) is 4.63. The Morgan fingerprint density at radius 3 is 2.00 bits per heavy atom. The van der Waals surface area contributed by atoms with E-state index in [9.17, 15) is 5.26 Å². The Balaban J connectivity index is 2.38. The van der Waals surface area contributed by atoms with Gasteiger partial charge in [0.25, 0.3) is 0 Å². The maximum atomic E-state index is 9.25. The van der Waals surface area contributed by atoms with Crippen molar-refractivity contribution in [2.24, 2.45) is 0 Å². The summed E-state index contributed by atoms with van der Waals surface area (Å²) >= 11 is 0. The summed E-state index contributed by atoms with van der Waals surface area (Å²) in [7, 11) is 0. The maximum absolute atomic E-state index is 9.25. The molecule has 16 heavy (non-hydrogen) atoms. The van der Waals surface area contributed by atoms with Gasteiger partial charge >= 0.3 is 0 Å². The van der Waals surface area contributed by atoms with E-state index >= 15 is 0 Å². The van der Waals surface area contributed by atoms with Crippen LogP contribution in [-0.4, -0.2) is 0 Å². The number of rotatable bonds is 2. The first-order valence-electron chi connectivity index (χ1n) is 5.32. The zero-order valence-electron chi connectivity index (χ0n) is 9.22. The van der Waals surface area contributed by atoms with Crippen molar-refractivity contribution in [2.45, 2.75) is 12.8 Å². The van der Waals surface area contributed by atoms with Gasteiger partial charge in [-0.2, -0.15) is 5.26 Å². The molecule has 1 heteroatoms. The van der Waals surface area contributed by atoms with Crippen LogP contribution < -0.4 is 0 Å². The molecule has 0 fully saturated rings. The van der Waals surface area contributed by atoms with Crippen molar-refractivity contribution in [3.05, 3.63) is 71.3 Å². The molecule has 1 nitrogen and oxygen atoms in total. The third-order valence-corrected chi connectivity index (χ3v) is 2.67. The fraction of sp³-hybridized carbons (Fsp3) is 0.133. The van der Waals surface area contributed by atoms with Crippen LogP contribution in [0.4, 0.5) is 0 Å². The maximum Gasteiger partial charge on any atom is 0.0962 e. The highest BCUT2D eigenvalue weighted by Gasteiger charge is 2.11. The number of nitrogens with zero attached hydrogens (tertiary/aromatic N) is 1. The van der Waals surface area contributed by atoms with E-state index in [2.05, 4.69) is 6.07 Å². The summed E-state index contributed by atoms with van der Waals surface area (Å²) < 4.78 is 0. The predicted molar refractivity (Wildman–Crippen MR) is 65.1 cm³/mol. The Kier molecular flexibility index (Phi) is 3.03. The van der Waals surface area contributed by atoms with Crippen molar-refractivity contribution in [2.75, 3.05) is 0 Å². The van der Waals surface area contributed by atoms with E-state index in [1.807, 2.05) is 61.5 Å². The van der Waals surface area contributed by atoms with E-state index in [-0.39, 0.29) is 5.92 Å². The molecule has 0 aliphatic carbocycles. The van der Waals surface area contributed by atoms with Gasteiger partial charge in [-0.25, -0.2) is 0 Å². The number of hydrogen-bond donors (Lipinski definition) is 0. The molecule has 0 aromatic heterocycles. The van der Waals surface area contributed by atoms with Gasteiger partial charge in [0.15, 0.2) is 0 Å². The molecule has 2 aromatic carbocycles. The monoisotopic (exact) mass is 207 g/mol. The predicted octanol–water partition coefficient (Wildman–Crippen LogP) is 3.65. The lowest BCUT2D eigenvalue weighted by atomic mass is 9.92. The lowest BCUT2D eigenvalue weighted by molar-refractivity contribution is 1.04. The molecule has 0 N–H and O–H groups in total. The summed E-state index contributed by atoms with van der Waals surface area (Å²) in [4.78, 5) is 0. The minimum Gasteiger partial charge on any atom is -0.197 e. The largest absolute Gasteiger partial charge is 0.197 e. The quantitative estimate of drug-likeness (QED) is 0.737. The molecule has 78 valence electrons. The van der Waals surface area contributed by atoms with Crippen LogP contribution in [0.25, 0.3) is 0 Å². The zero-order valence-corrected chi connectivity index (χ0v) is 9.22. The van der Waals surface area contributed by atoms with Gasteiger partial charge in [0.05, 0.1) is 12.0 Å². The van der Waals surface area contributed by atoms with E-state index in [4.69, 9.17) is 0 Å². The summed E-state index contributed by atoms with van der Waals surface area (Å²) in [5, 5.41) is 9.25. The van der Waals surface area contributed by atoms with E-state index in [1.165, 1.54) is 5.56 Å². The number of hydrogen-bond acceptors (Lipinski definition) is 1. The molecule has 0 aliphatic rings. The van der Waals surface area contributed by atoms with Gasteiger partial charge in [-0.15, -0.1) is 0 Å². The fourth-order valence-electron chi connectivity index (χ4n) is 1.75. The van der Waals surface area contributed by atoms with E-state index in [1.54, 1.807) is 0 Å². The minimum absolute atomic E-state index is 0.165. The van der Waals surface area contributed by atoms with Crippen LogP contribution in [0.15, 0.2) is 54.6 Å². The highest BCUT2D eigenvalue weighted by atomic mass is 14.3.